The van der Waals surface area contributed by atoms with Gasteiger partial charge in [0, 0.05) is 6.07 Å². The third kappa shape index (κ3) is 1.66. The minimum atomic E-state index is -0.824. The van der Waals surface area contributed by atoms with E-state index in [-0.39, 0.29) is 0 Å². The van der Waals surface area contributed by atoms with Crippen molar-refractivity contribution in [1.29, 1.82) is 0 Å². The Hall–Kier alpha value is -1.72. The van der Waals surface area contributed by atoms with Crippen LogP contribution in [0.25, 0.3) is 0 Å². The molecule has 1 heterocycles. The lowest BCUT2D eigenvalue weighted by Gasteiger charge is -1.78. The first kappa shape index (κ1) is 6.40. The van der Waals surface area contributed by atoms with Crippen LogP contribution in [0.2, 0.25) is 0 Å². The van der Waals surface area contributed by atoms with Crippen LogP contribution in [0.1, 0.15) is 0 Å². The predicted molar refractivity (Wildman–Crippen MR) is 32.7 cm³/mol. The van der Waals surface area contributed by atoms with Crippen LogP contribution in [0.15, 0.2) is 22.5 Å². The molecule has 0 spiro atoms. The smallest absolute Gasteiger partial charge is 0.348 e. The van der Waals surface area contributed by atoms with Gasteiger partial charge in [-0.05, 0) is 0 Å². The summed E-state index contributed by atoms with van der Waals surface area (Å²) in [7, 11) is 0. The molecule has 6 nitrogen and oxygen atoms in total. The van der Waals surface area contributed by atoms with E-state index in [4.69, 9.17) is 0 Å². The van der Waals surface area contributed by atoms with Gasteiger partial charge in [0.05, 0.1) is 6.20 Å². The second kappa shape index (κ2) is 2.72. The second-order valence-corrected chi connectivity index (χ2v) is 1.48. The number of primary amides is 1. The van der Waals surface area contributed by atoms with Crippen LogP contribution in [0.5, 0.6) is 0 Å². The zero-order valence-electron chi connectivity index (χ0n) is 4.98. The summed E-state index contributed by atoms with van der Waals surface area (Å²) in [5.74, 6) is 0.402. The van der Waals surface area contributed by atoms with Crippen molar-refractivity contribution in [2.75, 3.05) is 0 Å². The van der Waals surface area contributed by atoms with Crippen molar-refractivity contribution in [3.8, 4) is 0 Å². The maximum Gasteiger partial charge on any atom is 0.357 e. The maximum atomic E-state index is 10.0. The Morgan fingerprint density at radius 2 is 2.60 bits per heavy atom. The topological polar surface area (TPSA) is 96.5 Å². The fraction of sp³-hybridized carbons (Fsp3) is 0. The summed E-state index contributed by atoms with van der Waals surface area (Å²) in [6.45, 7) is 0. The molecule has 6 heteroatoms. The fourth-order valence-electron chi connectivity index (χ4n) is 0.407. The van der Waals surface area contributed by atoms with Gasteiger partial charge in [0.15, 0.2) is 5.82 Å². The number of hydrogen-bond donors (Lipinski definition) is 2. The van der Waals surface area contributed by atoms with Crippen molar-refractivity contribution < 1.29 is 4.79 Å². The van der Waals surface area contributed by atoms with Gasteiger partial charge in [0.25, 0.3) is 0 Å². The van der Waals surface area contributed by atoms with E-state index in [0.29, 0.717) is 5.82 Å². The maximum absolute atomic E-state index is 10.0. The molecule has 0 aliphatic heterocycles. The largest absolute Gasteiger partial charge is 0.357 e. The molecule has 0 saturated carbocycles. The van der Waals surface area contributed by atoms with Gasteiger partial charge >= 0.3 is 6.03 Å². The molecule has 1 rings (SSSR count). The van der Waals surface area contributed by atoms with Gasteiger partial charge in [-0.2, -0.15) is 5.10 Å². The molecule has 0 atom stereocenters. The van der Waals surface area contributed by atoms with E-state index in [9.17, 15) is 4.79 Å². The number of nitrogens with zero attached hydrogens (tertiary/aromatic N) is 3. The summed E-state index contributed by atoms with van der Waals surface area (Å²) in [6, 6.07) is 0.738. The van der Waals surface area contributed by atoms with E-state index >= 15 is 0 Å². The Kier molecular flexibility index (Phi) is 1.74. The Labute approximate surface area is 56.1 Å². The quantitative estimate of drug-likeness (QED) is 0.556. The lowest BCUT2D eigenvalue weighted by atomic mass is 10.7. The van der Waals surface area contributed by atoms with Crippen molar-refractivity contribution in [2.45, 2.75) is 0 Å². The summed E-state index contributed by atoms with van der Waals surface area (Å²) < 4.78 is 0. The SMILES string of the molecule is NC(=O)/N=N/c1ccn[nH]1. The molecular formula is C4H5N5O. The summed E-state index contributed by atoms with van der Waals surface area (Å²) in [6.07, 6.45) is 1.50. The molecule has 0 aliphatic rings. The van der Waals surface area contributed by atoms with Gasteiger partial charge in [0.2, 0.25) is 0 Å². The Balaban J connectivity index is 2.64. The predicted octanol–water partition coefficient (Wildman–Crippen LogP) is 0.572. The number of nitrogens with two attached hydrogens (primary N) is 1. The van der Waals surface area contributed by atoms with Crippen LogP contribution < -0.4 is 5.73 Å². The number of carbonyl (C=O) groups is 1. The van der Waals surface area contributed by atoms with Gasteiger partial charge < -0.3 is 5.73 Å². The number of H-pyrrole nitrogens is 1. The molecule has 1 aromatic rings. The van der Waals surface area contributed by atoms with E-state index in [0.717, 1.165) is 0 Å². The molecule has 0 fully saturated rings. The molecule has 2 amide bonds. The number of urea groups is 1. The van der Waals surface area contributed by atoms with E-state index in [2.05, 4.69) is 26.2 Å². The first-order valence-corrected chi connectivity index (χ1v) is 2.49. The highest BCUT2D eigenvalue weighted by Crippen LogP contribution is 2.03. The second-order valence-electron chi connectivity index (χ2n) is 1.48. The first-order valence-electron chi connectivity index (χ1n) is 2.49. The highest BCUT2D eigenvalue weighted by Gasteiger charge is 1.88. The van der Waals surface area contributed by atoms with Crippen LogP contribution in [0.3, 0.4) is 0 Å². The standard InChI is InChI=1S/C4H5N5O/c5-4(10)9-8-3-1-2-6-7-3/h1-2H,(H2,5,10)(H,6,7)/b9-8+. The molecule has 0 unspecified atom stereocenters. The average molecular weight is 139 g/mol. The molecule has 10 heavy (non-hydrogen) atoms. The number of aromatic nitrogens is 2. The summed E-state index contributed by atoms with van der Waals surface area (Å²) in [5.41, 5.74) is 4.68. The first-order chi connectivity index (χ1) is 4.79. The normalized spacial score (nSPS) is 10.4. The van der Waals surface area contributed by atoms with Crippen LogP contribution in [0.4, 0.5) is 10.6 Å². The highest BCUT2D eigenvalue weighted by molar-refractivity contribution is 5.72. The molecule has 0 aromatic carbocycles. The van der Waals surface area contributed by atoms with E-state index in [1.165, 1.54) is 6.20 Å². The molecule has 0 radical (unpaired) electrons. The lowest BCUT2D eigenvalue weighted by molar-refractivity contribution is 0.255. The third-order valence-electron chi connectivity index (χ3n) is 0.742. The van der Waals surface area contributed by atoms with E-state index in [1.807, 2.05) is 0 Å². The van der Waals surface area contributed by atoms with Gasteiger partial charge in [-0.1, -0.05) is 5.11 Å². The fourth-order valence-corrected chi connectivity index (χ4v) is 0.407. The van der Waals surface area contributed by atoms with Gasteiger partial charge in [0.1, 0.15) is 0 Å². The molecular weight excluding hydrogens is 134 g/mol. The Bertz CT molecular complexity index is 238. The molecule has 1 aromatic heterocycles. The number of rotatable bonds is 1. The van der Waals surface area contributed by atoms with Crippen molar-refractivity contribution in [3.63, 3.8) is 0 Å². The number of nitrogens with one attached hydrogen (secondary N) is 1. The summed E-state index contributed by atoms with van der Waals surface area (Å²) in [5, 5.41) is 12.5. The number of hydrogen-bond acceptors (Lipinski definition) is 3. The molecule has 0 saturated heterocycles. The molecule has 0 aliphatic carbocycles. The summed E-state index contributed by atoms with van der Waals surface area (Å²) in [4.78, 5) is 10.0. The number of azo groups is 1. The van der Waals surface area contributed by atoms with Gasteiger partial charge in [-0.25, -0.2) is 4.79 Å². The average Bonchev–Trinajstić information content (AvgIpc) is 2.34. The lowest BCUT2D eigenvalue weighted by Crippen LogP contribution is -2.01. The molecule has 3 N–H and O–H groups in total. The monoisotopic (exact) mass is 139 g/mol. The molecule has 52 valence electrons. The number of amides is 2. The number of carbonyl (C=O) groups excluding carboxylic acids is 1. The Morgan fingerprint density at radius 3 is 3.10 bits per heavy atom. The third-order valence-corrected chi connectivity index (χ3v) is 0.742. The number of aromatic amines is 1. The summed E-state index contributed by atoms with van der Waals surface area (Å²) >= 11 is 0. The van der Waals surface area contributed by atoms with Crippen LogP contribution in [-0.2, 0) is 0 Å². The van der Waals surface area contributed by atoms with Crippen molar-refractivity contribution >= 4 is 11.8 Å². The zero-order chi connectivity index (χ0) is 7.40. The van der Waals surface area contributed by atoms with Crippen LogP contribution in [-0.4, -0.2) is 16.2 Å². The molecule has 0 bridgehead atoms. The van der Waals surface area contributed by atoms with E-state index < -0.39 is 6.03 Å². The zero-order valence-corrected chi connectivity index (χ0v) is 4.98. The minimum absolute atomic E-state index is 0.402. The highest BCUT2D eigenvalue weighted by atomic mass is 16.2. The van der Waals surface area contributed by atoms with E-state index in [1.54, 1.807) is 6.07 Å². The van der Waals surface area contributed by atoms with Crippen molar-refractivity contribution in [3.05, 3.63) is 12.3 Å². The van der Waals surface area contributed by atoms with Gasteiger partial charge in [-0.15, -0.1) is 5.11 Å². The van der Waals surface area contributed by atoms with Crippen LogP contribution in [0, 0.1) is 0 Å². The minimum Gasteiger partial charge on any atom is -0.348 e. The van der Waals surface area contributed by atoms with Gasteiger partial charge in [-0.3, -0.25) is 5.10 Å². The Morgan fingerprint density at radius 1 is 1.80 bits per heavy atom. The van der Waals surface area contributed by atoms with Crippen molar-refractivity contribution in [1.82, 2.24) is 10.2 Å². The van der Waals surface area contributed by atoms with Crippen molar-refractivity contribution in [2.24, 2.45) is 16.0 Å². The van der Waals surface area contributed by atoms with Crippen LogP contribution >= 0.6 is 0 Å².